The van der Waals surface area contributed by atoms with Crippen LogP contribution in [0.1, 0.15) is 16.8 Å². The third-order valence-corrected chi connectivity index (χ3v) is 5.33. The van der Waals surface area contributed by atoms with Crippen molar-refractivity contribution >= 4 is 72.0 Å². The Kier molecular flexibility index (Phi) is 5.92. The Morgan fingerprint density at radius 3 is 2.48 bits per heavy atom. The second-order valence-electron chi connectivity index (χ2n) is 4.25. The number of thiocarbonyl (C=S) groups is 1. The molecule has 1 aromatic carbocycles. The van der Waals surface area contributed by atoms with Crippen molar-refractivity contribution in [2.24, 2.45) is 5.73 Å². The second kappa shape index (κ2) is 7.49. The Morgan fingerprint density at radius 1 is 1.29 bits per heavy atom. The fourth-order valence-electron chi connectivity index (χ4n) is 1.81. The number of thiophene rings is 1. The number of nitrogens with two attached hydrogens (primary N) is 1. The predicted molar refractivity (Wildman–Crippen MR) is 99.2 cm³/mol. The zero-order chi connectivity index (χ0) is 15.4. The molecule has 0 aliphatic rings. The molecule has 3 nitrogen and oxygen atoms in total. The van der Waals surface area contributed by atoms with E-state index in [4.69, 9.17) is 18.0 Å². The lowest BCUT2D eigenvalue weighted by Crippen LogP contribution is -2.33. The van der Waals surface area contributed by atoms with E-state index in [0.29, 0.717) is 23.5 Å². The lowest BCUT2D eigenvalue weighted by Gasteiger charge is -2.22. The minimum Gasteiger partial charge on any atom is -0.393 e. The smallest absolute Gasteiger partial charge is 0.260 e. The van der Waals surface area contributed by atoms with Gasteiger partial charge in [0.2, 0.25) is 0 Å². The van der Waals surface area contributed by atoms with Gasteiger partial charge >= 0.3 is 0 Å². The molecule has 2 rings (SSSR count). The molecule has 7 heteroatoms. The number of amides is 1. The zero-order valence-corrected chi connectivity index (χ0v) is 15.7. The fourth-order valence-corrected chi connectivity index (χ4v) is 4.68. The quantitative estimate of drug-likeness (QED) is 0.681. The van der Waals surface area contributed by atoms with Crippen molar-refractivity contribution in [2.75, 3.05) is 11.4 Å². The van der Waals surface area contributed by atoms with E-state index in [9.17, 15) is 4.79 Å². The second-order valence-corrected chi connectivity index (χ2v) is 8.52. The third-order valence-electron chi connectivity index (χ3n) is 2.78. The van der Waals surface area contributed by atoms with Gasteiger partial charge in [0.1, 0.15) is 0 Å². The van der Waals surface area contributed by atoms with Gasteiger partial charge in [-0.1, -0.05) is 30.4 Å². The summed E-state index contributed by atoms with van der Waals surface area (Å²) >= 11 is 13.2. The molecule has 2 aromatic rings. The Hall–Kier alpha value is -0.760. The van der Waals surface area contributed by atoms with Crippen LogP contribution in [0.2, 0.25) is 0 Å². The monoisotopic (exact) mass is 446 g/mol. The van der Waals surface area contributed by atoms with E-state index in [2.05, 4.69) is 31.9 Å². The van der Waals surface area contributed by atoms with Crippen LogP contribution < -0.4 is 10.6 Å². The maximum Gasteiger partial charge on any atom is 0.260 e. The largest absolute Gasteiger partial charge is 0.393 e. The number of anilines is 1. The lowest BCUT2D eigenvalue weighted by atomic mass is 10.2. The summed E-state index contributed by atoms with van der Waals surface area (Å²) in [4.78, 5) is 14.9. The summed E-state index contributed by atoms with van der Waals surface area (Å²) < 4.78 is 1.70. The highest BCUT2D eigenvalue weighted by atomic mass is 79.9. The summed E-state index contributed by atoms with van der Waals surface area (Å²) in [5.74, 6) is -0.0775. The topological polar surface area (TPSA) is 46.3 Å². The molecule has 0 unspecified atom stereocenters. The van der Waals surface area contributed by atoms with Gasteiger partial charge in [0.05, 0.1) is 18.1 Å². The predicted octanol–water partition coefficient (Wildman–Crippen LogP) is 4.60. The molecule has 21 heavy (non-hydrogen) atoms. The summed E-state index contributed by atoms with van der Waals surface area (Å²) in [5.41, 5.74) is 7.02. The van der Waals surface area contributed by atoms with E-state index in [1.165, 1.54) is 11.3 Å². The van der Waals surface area contributed by atoms with Crippen LogP contribution in [-0.4, -0.2) is 17.4 Å². The van der Waals surface area contributed by atoms with Crippen molar-refractivity contribution in [3.63, 3.8) is 0 Å². The molecular formula is C14H12Br2N2OS2. The summed E-state index contributed by atoms with van der Waals surface area (Å²) in [6.45, 7) is 0.456. The Morgan fingerprint density at radius 2 is 1.95 bits per heavy atom. The number of nitrogens with zero attached hydrogens (tertiary/aromatic N) is 1. The van der Waals surface area contributed by atoms with Crippen molar-refractivity contribution in [3.8, 4) is 0 Å². The Labute approximate surface area is 149 Å². The summed E-state index contributed by atoms with van der Waals surface area (Å²) in [6, 6.07) is 11.3. The van der Waals surface area contributed by atoms with Crippen LogP contribution in [0, 0.1) is 0 Å². The summed E-state index contributed by atoms with van der Waals surface area (Å²) in [7, 11) is 0. The number of hydrogen-bond acceptors (Lipinski definition) is 3. The van der Waals surface area contributed by atoms with Gasteiger partial charge in [0.25, 0.3) is 5.91 Å². The van der Waals surface area contributed by atoms with Gasteiger partial charge < -0.3 is 10.6 Å². The van der Waals surface area contributed by atoms with Crippen LogP contribution >= 0.6 is 55.4 Å². The standard InChI is InChI=1S/C14H12Br2N2OS2/c15-11-8-10(13(16)21-11)14(19)18(7-6-12(17)20)9-4-2-1-3-5-9/h1-5,8H,6-7H2,(H2,17,20). The van der Waals surface area contributed by atoms with Gasteiger partial charge in [-0.2, -0.15) is 0 Å². The van der Waals surface area contributed by atoms with E-state index >= 15 is 0 Å². The average Bonchev–Trinajstić information content (AvgIpc) is 2.78. The van der Waals surface area contributed by atoms with E-state index in [-0.39, 0.29) is 5.91 Å². The van der Waals surface area contributed by atoms with Crippen molar-refractivity contribution in [1.82, 2.24) is 0 Å². The Balaban J connectivity index is 2.32. The SMILES string of the molecule is NC(=S)CCN(C(=O)c1cc(Br)sc1Br)c1ccccc1. The molecule has 0 atom stereocenters. The number of halogens is 2. The van der Waals surface area contributed by atoms with Crippen molar-refractivity contribution in [3.05, 3.63) is 49.5 Å². The first-order valence-electron chi connectivity index (χ1n) is 6.09. The van der Waals surface area contributed by atoms with Gasteiger partial charge in [-0.05, 0) is 50.1 Å². The van der Waals surface area contributed by atoms with E-state index in [0.717, 1.165) is 13.3 Å². The van der Waals surface area contributed by atoms with E-state index < -0.39 is 0 Å². The van der Waals surface area contributed by atoms with E-state index in [1.807, 2.05) is 36.4 Å². The van der Waals surface area contributed by atoms with Gasteiger partial charge in [-0.15, -0.1) is 11.3 Å². The molecule has 0 bridgehead atoms. The molecule has 0 radical (unpaired) electrons. The number of carbonyl (C=O) groups is 1. The summed E-state index contributed by atoms with van der Waals surface area (Å²) in [5, 5.41) is 0. The van der Waals surface area contributed by atoms with Crippen LogP contribution in [-0.2, 0) is 0 Å². The minimum atomic E-state index is -0.0775. The Bertz CT molecular complexity index is 658. The highest BCUT2D eigenvalue weighted by molar-refractivity contribution is 9.12. The molecule has 0 saturated heterocycles. The van der Waals surface area contributed by atoms with Crippen molar-refractivity contribution in [1.29, 1.82) is 0 Å². The van der Waals surface area contributed by atoms with Gasteiger partial charge in [-0.25, -0.2) is 0 Å². The van der Waals surface area contributed by atoms with Crippen LogP contribution in [0.5, 0.6) is 0 Å². The molecule has 1 aromatic heterocycles. The molecule has 0 fully saturated rings. The van der Waals surface area contributed by atoms with Crippen LogP contribution in [0.25, 0.3) is 0 Å². The fraction of sp³-hybridized carbons (Fsp3) is 0.143. The molecule has 0 spiro atoms. The highest BCUT2D eigenvalue weighted by Crippen LogP contribution is 2.33. The molecule has 2 N–H and O–H groups in total. The molecule has 110 valence electrons. The highest BCUT2D eigenvalue weighted by Gasteiger charge is 2.21. The molecule has 0 aliphatic heterocycles. The maximum atomic E-state index is 12.8. The first-order valence-corrected chi connectivity index (χ1v) is 8.90. The summed E-state index contributed by atoms with van der Waals surface area (Å²) in [6.07, 6.45) is 0.485. The number of hydrogen-bond donors (Lipinski definition) is 1. The molecule has 0 saturated carbocycles. The third kappa shape index (κ3) is 4.35. The molecular weight excluding hydrogens is 436 g/mol. The number of para-hydroxylation sites is 1. The first-order chi connectivity index (χ1) is 9.99. The van der Waals surface area contributed by atoms with Crippen LogP contribution in [0.4, 0.5) is 5.69 Å². The minimum absolute atomic E-state index is 0.0775. The van der Waals surface area contributed by atoms with E-state index in [1.54, 1.807) is 4.90 Å². The maximum absolute atomic E-state index is 12.8. The zero-order valence-electron chi connectivity index (χ0n) is 10.9. The number of rotatable bonds is 5. The van der Waals surface area contributed by atoms with Gasteiger partial charge in [0.15, 0.2) is 0 Å². The number of carbonyl (C=O) groups excluding carboxylic acids is 1. The van der Waals surface area contributed by atoms with Crippen molar-refractivity contribution in [2.45, 2.75) is 6.42 Å². The average molecular weight is 448 g/mol. The normalized spacial score (nSPS) is 10.4. The molecule has 1 heterocycles. The van der Waals surface area contributed by atoms with Crippen LogP contribution in [0.3, 0.4) is 0 Å². The lowest BCUT2D eigenvalue weighted by molar-refractivity contribution is 0.0987. The van der Waals surface area contributed by atoms with Gasteiger partial charge in [0, 0.05) is 18.7 Å². The first kappa shape index (κ1) is 16.6. The molecule has 1 amide bonds. The van der Waals surface area contributed by atoms with Crippen molar-refractivity contribution < 1.29 is 4.79 Å². The van der Waals surface area contributed by atoms with Gasteiger partial charge in [-0.3, -0.25) is 4.79 Å². The molecule has 0 aliphatic carbocycles. The van der Waals surface area contributed by atoms with Crippen LogP contribution in [0.15, 0.2) is 44.0 Å². The number of benzene rings is 1.